The summed E-state index contributed by atoms with van der Waals surface area (Å²) in [5, 5.41) is 6.55. The molecule has 1 heterocycles. The summed E-state index contributed by atoms with van der Waals surface area (Å²) in [7, 11) is 0. The minimum absolute atomic E-state index is 0.266. The molecular weight excluding hydrogens is 347 g/mol. The maximum atomic E-state index is 12.9. The molecule has 0 saturated carbocycles. The summed E-state index contributed by atoms with van der Waals surface area (Å²) in [5.41, 5.74) is 4.29. The third kappa shape index (κ3) is 5.05. The Balaban J connectivity index is 1.57. The Labute approximate surface area is 154 Å². The molecule has 7 heteroatoms. The highest BCUT2D eigenvalue weighted by Gasteiger charge is 2.06. The van der Waals surface area contributed by atoms with Crippen LogP contribution in [0.2, 0.25) is 0 Å². The molecule has 1 aromatic heterocycles. The van der Waals surface area contributed by atoms with Gasteiger partial charge >= 0.3 is 0 Å². The predicted octanol–water partition coefficient (Wildman–Crippen LogP) is 3.24. The summed E-state index contributed by atoms with van der Waals surface area (Å²) < 4.78 is 12.9. The Morgan fingerprint density at radius 1 is 0.926 bits per heavy atom. The van der Waals surface area contributed by atoms with Gasteiger partial charge in [-0.3, -0.25) is 14.6 Å². The minimum Gasteiger partial charge on any atom is -0.322 e. The molecule has 0 aliphatic rings. The van der Waals surface area contributed by atoms with Gasteiger partial charge in [0.15, 0.2) is 0 Å². The molecule has 2 N–H and O–H groups in total. The van der Waals surface area contributed by atoms with Gasteiger partial charge < -0.3 is 5.32 Å². The summed E-state index contributed by atoms with van der Waals surface area (Å²) in [6.45, 7) is 0. The number of carbonyl (C=O) groups is 2. The lowest BCUT2D eigenvalue weighted by Gasteiger charge is -2.05. The Hall–Kier alpha value is -3.87. The van der Waals surface area contributed by atoms with Crippen molar-refractivity contribution in [3.63, 3.8) is 0 Å². The third-order valence-electron chi connectivity index (χ3n) is 3.55. The number of benzene rings is 2. The van der Waals surface area contributed by atoms with E-state index in [1.165, 1.54) is 36.7 Å². The van der Waals surface area contributed by atoms with Crippen LogP contribution in [0, 0.1) is 5.82 Å². The fourth-order valence-electron chi connectivity index (χ4n) is 2.18. The molecule has 0 aliphatic heterocycles. The van der Waals surface area contributed by atoms with Crippen LogP contribution in [-0.4, -0.2) is 23.0 Å². The van der Waals surface area contributed by atoms with Crippen molar-refractivity contribution < 1.29 is 14.0 Å². The maximum absolute atomic E-state index is 12.9. The Morgan fingerprint density at radius 3 is 2.33 bits per heavy atom. The SMILES string of the molecule is O=C(Nc1ccc(F)cc1)c1ccc(/C=N/NC(=O)c2ccccn2)cc1. The van der Waals surface area contributed by atoms with Gasteiger partial charge in [0.2, 0.25) is 0 Å². The molecule has 0 aliphatic carbocycles. The zero-order valence-electron chi connectivity index (χ0n) is 14.1. The highest BCUT2D eigenvalue weighted by atomic mass is 19.1. The van der Waals surface area contributed by atoms with Crippen molar-refractivity contribution in [3.8, 4) is 0 Å². The molecule has 134 valence electrons. The van der Waals surface area contributed by atoms with Crippen LogP contribution in [0.4, 0.5) is 10.1 Å². The number of hydrogen-bond acceptors (Lipinski definition) is 4. The summed E-state index contributed by atoms with van der Waals surface area (Å²) in [6.07, 6.45) is 2.98. The van der Waals surface area contributed by atoms with E-state index in [-0.39, 0.29) is 17.4 Å². The van der Waals surface area contributed by atoms with E-state index in [2.05, 4.69) is 20.8 Å². The van der Waals surface area contributed by atoms with Crippen molar-refractivity contribution in [2.75, 3.05) is 5.32 Å². The lowest BCUT2D eigenvalue weighted by molar-refractivity contribution is 0.0949. The average molecular weight is 362 g/mol. The first-order chi connectivity index (χ1) is 13.1. The molecule has 27 heavy (non-hydrogen) atoms. The lowest BCUT2D eigenvalue weighted by atomic mass is 10.1. The van der Waals surface area contributed by atoms with Crippen molar-refractivity contribution in [2.24, 2.45) is 5.10 Å². The molecule has 2 aromatic carbocycles. The zero-order valence-corrected chi connectivity index (χ0v) is 14.1. The average Bonchev–Trinajstić information content (AvgIpc) is 2.71. The molecule has 3 rings (SSSR count). The van der Waals surface area contributed by atoms with E-state index >= 15 is 0 Å². The zero-order chi connectivity index (χ0) is 19.1. The number of aromatic nitrogens is 1. The molecule has 3 aromatic rings. The summed E-state index contributed by atoms with van der Waals surface area (Å²) in [6, 6.07) is 17.2. The number of rotatable bonds is 5. The van der Waals surface area contributed by atoms with Crippen molar-refractivity contribution in [1.82, 2.24) is 10.4 Å². The normalized spacial score (nSPS) is 10.6. The molecule has 0 radical (unpaired) electrons. The molecule has 0 spiro atoms. The van der Waals surface area contributed by atoms with Crippen LogP contribution < -0.4 is 10.7 Å². The van der Waals surface area contributed by atoms with Crippen LogP contribution in [0.1, 0.15) is 26.4 Å². The lowest BCUT2D eigenvalue weighted by Crippen LogP contribution is -2.18. The molecule has 0 atom stereocenters. The van der Waals surface area contributed by atoms with Crippen molar-refractivity contribution in [3.05, 3.63) is 95.6 Å². The van der Waals surface area contributed by atoms with Crippen LogP contribution in [0.15, 0.2) is 78.0 Å². The van der Waals surface area contributed by atoms with Crippen LogP contribution in [0.3, 0.4) is 0 Å². The van der Waals surface area contributed by atoms with E-state index in [1.54, 1.807) is 42.5 Å². The molecule has 0 fully saturated rings. The monoisotopic (exact) mass is 362 g/mol. The fraction of sp³-hybridized carbons (Fsp3) is 0. The summed E-state index contributed by atoms with van der Waals surface area (Å²) >= 11 is 0. The van der Waals surface area contributed by atoms with E-state index in [0.29, 0.717) is 16.8 Å². The first-order valence-corrected chi connectivity index (χ1v) is 8.03. The van der Waals surface area contributed by atoms with Gasteiger partial charge in [-0.15, -0.1) is 0 Å². The molecule has 0 bridgehead atoms. The second-order valence-electron chi connectivity index (χ2n) is 5.50. The van der Waals surface area contributed by atoms with Gasteiger partial charge in [0.25, 0.3) is 11.8 Å². The second-order valence-corrected chi connectivity index (χ2v) is 5.50. The van der Waals surface area contributed by atoms with E-state index < -0.39 is 5.91 Å². The Kier molecular flexibility index (Phi) is 5.64. The molecular formula is C20H15FN4O2. The predicted molar refractivity (Wildman–Crippen MR) is 100 cm³/mol. The van der Waals surface area contributed by atoms with Gasteiger partial charge in [0.1, 0.15) is 11.5 Å². The number of pyridine rings is 1. The van der Waals surface area contributed by atoms with E-state index in [0.717, 1.165) is 0 Å². The van der Waals surface area contributed by atoms with Crippen molar-refractivity contribution >= 4 is 23.7 Å². The summed E-state index contributed by atoms with van der Waals surface area (Å²) in [4.78, 5) is 27.9. The second kappa shape index (κ2) is 8.48. The first-order valence-electron chi connectivity index (χ1n) is 8.03. The number of halogens is 1. The van der Waals surface area contributed by atoms with E-state index in [4.69, 9.17) is 0 Å². The van der Waals surface area contributed by atoms with Gasteiger partial charge in [0.05, 0.1) is 6.21 Å². The number of nitrogens with zero attached hydrogens (tertiary/aromatic N) is 2. The van der Waals surface area contributed by atoms with Crippen LogP contribution in [0.25, 0.3) is 0 Å². The highest BCUT2D eigenvalue weighted by Crippen LogP contribution is 2.11. The maximum Gasteiger partial charge on any atom is 0.289 e. The number of nitrogens with one attached hydrogen (secondary N) is 2. The van der Waals surface area contributed by atoms with Gasteiger partial charge in [-0.25, -0.2) is 9.82 Å². The first kappa shape index (κ1) is 17.9. The number of amides is 2. The summed E-state index contributed by atoms with van der Waals surface area (Å²) in [5.74, 6) is -1.09. The van der Waals surface area contributed by atoms with Gasteiger partial charge in [-0.05, 0) is 54.1 Å². The highest BCUT2D eigenvalue weighted by molar-refractivity contribution is 6.04. The van der Waals surface area contributed by atoms with Gasteiger partial charge in [-0.1, -0.05) is 18.2 Å². The Bertz CT molecular complexity index is 956. The number of hydrazone groups is 1. The van der Waals surface area contributed by atoms with Crippen LogP contribution in [-0.2, 0) is 0 Å². The topological polar surface area (TPSA) is 83.5 Å². The standard InChI is InChI=1S/C20H15FN4O2/c21-16-8-10-17(11-9-16)24-19(26)15-6-4-14(5-7-15)13-23-25-20(27)18-3-1-2-12-22-18/h1-13H,(H,24,26)(H,25,27)/b23-13+. The largest absolute Gasteiger partial charge is 0.322 e. The minimum atomic E-state index is -0.415. The number of carbonyl (C=O) groups excluding carboxylic acids is 2. The molecule has 0 saturated heterocycles. The van der Waals surface area contributed by atoms with Crippen LogP contribution >= 0.6 is 0 Å². The van der Waals surface area contributed by atoms with E-state index in [9.17, 15) is 14.0 Å². The number of hydrogen-bond donors (Lipinski definition) is 2. The Morgan fingerprint density at radius 2 is 1.67 bits per heavy atom. The van der Waals surface area contributed by atoms with Gasteiger partial charge in [0, 0.05) is 17.4 Å². The molecule has 2 amide bonds. The van der Waals surface area contributed by atoms with Crippen molar-refractivity contribution in [1.29, 1.82) is 0 Å². The molecule has 6 nitrogen and oxygen atoms in total. The quantitative estimate of drug-likeness (QED) is 0.540. The van der Waals surface area contributed by atoms with Crippen molar-refractivity contribution in [2.45, 2.75) is 0 Å². The fourth-order valence-corrected chi connectivity index (χ4v) is 2.18. The van der Waals surface area contributed by atoms with Crippen LogP contribution in [0.5, 0.6) is 0 Å². The van der Waals surface area contributed by atoms with E-state index in [1.807, 2.05) is 0 Å². The van der Waals surface area contributed by atoms with Gasteiger partial charge in [-0.2, -0.15) is 5.10 Å². The third-order valence-corrected chi connectivity index (χ3v) is 3.55. The smallest absolute Gasteiger partial charge is 0.289 e. The molecule has 0 unspecified atom stereocenters. The number of anilines is 1.